The Labute approximate surface area is 71.6 Å². The summed E-state index contributed by atoms with van der Waals surface area (Å²) in [5, 5.41) is 11.3. The largest absolute Gasteiger partial charge is 0.480 e. The summed E-state index contributed by atoms with van der Waals surface area (Å²) in [5.41, 5.74) is 5.48. The van der Waals surface area contributed by atoms with E-state index < -0.39 is 12.0 Å². The topological polar surface area (TPSA) is 75.3 Å². The van der Waals surface area contributed by atoms with Crippen molar-refractivity contribution >= 4 is 18.6 Å². The monoisotopic (exact) mass is 178 g/mol. The van der Waals surface area contributed by atoms with Gasteiger partial charge in [-0.2, -0.15) is 12.6 Å². The van der Waals surface area contributed by atoms with Crippen molar-refractivity contribution in [2.75, 3.05) is 5.75 Å². The van der Waals surface area contributed by atoms with Crippen LogP contribution in [-0.2, 0) is 4.79 Å². The molecule has 5 heteroatoms. The van der Waals surface area contributed by atoms with Crippen LogP contribution in [0.2, 0.25) is 0 Å². The lowest BCUT2D eigenvalue weighted by Gasteiger charge is -2.16. The fourth-order valence-electron chi connectivity index (χ4n) is 0.578. The lowest BCUT2D eigenvalue weighted by atomic mass is 10.3. The lowest BCUT2D eigenvalue weighted by molar-refractivity contribution is -0.139. The van der Waals surface area contributed by atoms with Crippen molar-refractivity contribution in [3.8, 4) is 0 Å². The predicted octanol–water partition coefficient (Wildman–Crippen LogP) is -0.346. The van der Waals surface area contributed by atoms with Crippen molar-refractivity contribution in [3.05, 3.63) is 0 Å². The number of thiol groups is 1. The second-order valence-corrected chi connectivity index (χ2v) is 2.62. The van der Waals surface area contributed by atoms with E-state index in [1.807, 2.05) is 6.92 Å². The van der Waals surface area contributed by atoms with Crippen molar-refractivity contribution in [3.63, 3.8) is 0 Å². The molecule has 2 atom stereocenters. The Bertz CT molecular complexity index is 132. The third-order valence-corrected chi connectivity index (χ3v) is 1.70. The average Bonchev–Trinajstić information content (AvgIpc) is 1.99. The Morgan fingerprint density at radius 2 is 2.36 bits per heavy atom. The molecule has 0 aromatic heterocycles. The zero-order valence-electron chi connectivity index (χ0n) is 6.45. The second-order valence-electron chi connectivity index (χ2n) is 2.25. The summed E-state index contributed by atoms with van der Waals surface area (Å²) in [6.07, 6.45) is 0.445. The van der Waals surface area contributed by atoms with Crippen LogP contribution in [0.5, 0.6) is 0 Å². The molecule has 0 amide bonds. The van der Waals surface area contributed by atoms with Gasteiger partial charge >= 0.3 is 5.97 Å². The number of carbonyl (C=O) groups is 1. The van der Waals surface area contributed by atoms with Gasteiger partial charge in [-0.15, -0.1) is 0 Å². The maximum absolute atomic E-state index is 10.4. The van der Waals surface area contributed by atoms with Gasteiger partial charge in [-0.05, 0) is 6.42 Å². The Kier molecular flexibility index (Phi) is 5.27. The molecule has 0 saturated heterocycles. The van der Waals surface area contributed by atoms with Gasteiger partial charge in [-0.1, -0.05) is 6.92 Å². The molecule has 0 bridgehead atoms. The van der Waals surface area contributed by atoms with Crippen LogP contribution in [0, 0.1) is 0 Å². The van der Waals surface area contributed by atoms with E-state index >= 15 is 0 Å². The van der Waals surface area contributed by atoms with Crippen molar-refractivity contribution in [2.24, 2.45) is 5.73 Å². The smallest absolute Gasteiger partial charge is 0.321 e. The molecule has 0 aromatic carbocycles. The molecule has 0 saturated carbocycles. The molecule has 0 rings (SSSR count). The van der Waals surface area contributed by atoms with E-state index in [2.05, 4.69) is 17.9 Å². The summed E-state index contributed by atoms with van der Waals surface area (Å²) in [4.78, 5) is 10.4. The summed E-state index contributed by atoms with van der Waals surface area (Å²) in [6.45, 7) is 1.88. The van der Waals surface area contributed by atoms with Crippen molar-refractivity contribution in [2.45, 2.75) is 25.6 Å². The fraction of sp³-hybridized carbons (Fsp3) is 0.833. The highest BCUT2D eigenvalue weighted by Crippen LogP contribution is 1.91. The van der Waals surface area contributed by atoms with Crippen LogP contribution in [0.4, 0.5) is 0 Å². The third kappa shape index (κ3) is 4.23. The summed E-state index contributed by atoms with van der Waals surface area (Å²) in [7, 11) is 0. The number of aliphatic carboxylic acids is 1. The lowest BCUT2D eigenvalue weighted by Crippen LogP contribution is -2.48. The van der Waals surface area contributed by atoms with Gasteiger partial charge in [0.15, 0.2) is 0 Å². The number of rotatable bonds is 5. The molecule has 0 aromatic rings. The SMILES string of the molecule is CCC(N)N[C@@H](CS)C(=O)O. The Hall–Kier alpha value is -0.260. The van der Waals surface area contributed by atoms with E-state index in [0.29, 0.717) is 6.42 Å². The first-order chi connectivity index (χ1) is 5.11. The zero-order valence-corrected chi connectivity index (χ0v) is 7.34. The third-order valence-electron chi connectivity index (χ3n) is 1.34. The van der Waals surface area contributed by atoms with Gasteiger partial charge in [0.25, 0.3) is 0 Å². The summed E-state index contributed by atoms with van der Waals surface area (Å²) < 4.78 is 0. The first kappa shape index (κ1) is 10.7. The van der Waals surface area contributed by atoms with Crippen molar-refractivity contribution in [1.82, 2.24) is 5.32 Å². The Balaban J connectivity index is 3.77. The first-order valence-electron chi connectivity index (χ1n) is 3.47. The molecule has 0 aliphatic carbocycles. The first-order valence-corrected chi connectivity index (χ1v) is 4.10. The normalized spacial score (nSPS) is 15.9. The van der Waals surface area contributed by atoms with Crippen LogP contribution < -0.4 is 11.1 Å². The number of nitrogens with one attached hydrogen (secondary N) is 1. The summed E-state index contributed by atoms with van der Waals surface area (Å²) >= 11 is 3.87. The van der Waals surface area contributed by atoms with E-state index in [1.54, 1.807) is 0 Å². The van der Waals surface area contributed by atoms with E-state index in [1.165, 1.54) is 0 Å². The number of carboxylic acid groups (broad SMARTS) is 1. The number of hydrogen-bond acceptors (Lipinski definition) is 4. The predicted molar refractivity (Wildman–Crippen MR) is 46.7 cm³/mol. The minimum Gasteiger partial charge on any atom is -0.480 e. The molecule has 0 aliphatic heterocycles. The molecule has 0 heterocycles. The average molecular weight is 178 g/mol. The highest BCUT2D eigenvalue weighted by molar-refractivity contribution is 7.80. The van der Waals surface area contributed by atoms with Gasteiger partial charge in [0.1, 0.15) is 6.04 Å². The highest BCUT2D eigenvalue weighted by atomic mass is 32.1. The molecule has 11 heavy (non-hydrogen) atoms. The van der Waals surface area contributed by atoms with Crippen LogP contribution in [0.3, 0.4) is 0 Å². The van der Waals surface area contributed by atoms with Gasteiger partial charge < -0.3 is 10.8 Å². The van der Waals surface area contributed by atoms with Crippen LogP contribution >= 0.6 is 12.6 Å². The summed E-state index contributed by atoms with van der Waals surface area (Å²) in [5.74, 6) is -0.660. The van der Waals surface area contributed by atoms with E-state index in [9.17, 15) is 4.79 Å². The number of carboxylic acids is 1. The molecule has 0 radical (unpaired) electrons. The highest BCUT2D eigenvalue weighted by Gasteiger charge is 2.16. The van der Waals surface area contributed by atoms with E-state index in [0.717, 1.165) is 0 Å². The molecule has 66 valence electrons. The summed E-state index contributed by atoms with van der Waals surface area (Å²) in [6, 6.07) is -0.645. The van der Waals surface area contributed by atoms with Crippen LogP contribution in [-0.4, -0.2) is 29.0 Å². The molecule has 4 N–H and O–H groups in total. The van der Waals surface area contributed by atoms with Gasteiger partial charge in [0, 0.05) is 5.75 Å². The van der Waals surface area contributed by atoms with Crippen molar-refractivity contribution in [1.29, 1.82) is 0 Å². The van der Waals surface area contributed by atoms with E-state index in [-0.39, 0.29) is 11.9 Å². The quantitative estimate of drug-likeness (QED) is 0.343. The van der Waals surface area contributed by atoms with E-state index in [4.69, 9.17) is 10.8 Å². The molecule has 0 fully saturated rings. The van der Waals surface area contributed by atoms with Crippen molar-refractivity contribution < 1.29 is 9.90 Å². The molecule has 0 spiro atoms. The number of nitrogens with two attached hydrogens (primary N) is 1. The molecular formula is C6H14N2O2S. The molecular weight excluding hydrogens is 164 g/mol. The minimum atomic E-state index is -0.913. The fourth-order valence-corrected chi connectivity index (χ4v) is 0.840. The number of hydrogen-bond donors (Lipinski definition) is 4. The molecule has 0 aliphatic rings. The maximum Gasteiger partial charge on any atom is 0.321 e. The molecule has 1 unspecified atom stereocenters. The van der Waals surface area contributed by atoms with Crippen LogP contribution in [0.25, 0.3) is 0 Å². The zero-order chi connectivity index (χ0) is 8.85. The second kappa shape index (κ2) is 5.40. The van der Waals surface area contributed by atoms with Gasteiger partial charge in [0.05, 0.1) is 6.17 Å². The van der Waals surface area contributed by atoms with Gasteiger partial charge in [-0.3, -0.25) is 10.1 Å². The van der Waals surface area contributed by atoms with Crippen LogP contribution in [0.15, 0.2) is 0 Å². The Morgan fingerprint density at radius 3 is 2.64 bits per heavy atom. The minimum absolute atomic E-state index is 0.253. The van der Waals surface area contributed by atoms with Crippen LogP contribution in [0.1, 0.15) is 13.3 Å². The molecule has 4 nitrogen and oxygen atoms in total. The van der Waals surface area contributed by atoms with Gasteiger partial charge in [0.2, 0.25) is 0 Å². The van der Waals surface area contributed by atoms with Gasteiger partial charge in [-0.25, -0.2) is 0 Å². The maximum atomic E-state index is 10.4. The standard InChI is InChI=1S/C6H14N2O2S/c1-2-5(7)8-4(3-11)6(9)10/h4-5,8,11H,2-3,7H2,1H3,(H,9,10)/t4-,5?/m0/s1. The Morgan fingerprint density at radius 1 is 1.82 bits per heavy atom.